The van der Waals surface area contributed by atoms with Gasteiger partial charge in [0.25, 0.3) is 0 Å². The van der Waals surface area contributed by atoms with Crippen LogP contribution in [0.15, 0.2) is 76.2 Å². The average Bonchev–Trinajstić information content (AvgIpc) is 2.97. The number of benzene rings is 2. The molecule has 5 heteroatoms. The molecule has 2 aromatic carbocycles. The first-order valence-corrected chi connectivity index (χ1v) is 9.27. The minimum atomic E-state index is -0.395. The molecule has 0 radical (unpaired) electrons. The average molecular weight is 364 g/mol. The van der Waals surface area contributed by atoms with Crippen molar-refractivity contribution in [2.75, 3.05) is 26.0 Å². The van der Waals surface area contributed by atoms with Crippen LogP contribution in [0.3, 0.4) is 0 Å². The van der Waals surface area contributed by atoms with Gasteiger partial charge in [-0.1, -0.05) is 36.0 Å². The summed E-state index contributed by atoms with van der Waals surface area (Å²) in [6, 6.07) is 15.7. The van der Waals surface area contributed by atoms with Crippen LogP contribution in [0.5, 0.6) is 5.75 Å². The summed E-state index contributed by atoms with van der Waals surface area (Å²) in [6.07, 6.45) is 3.51. The Balaban J connectivity index is 1.71. The van der Waals surface area contributed by atoms with E-state index >= 15 is 0 Å². The minimum absolute atomic E-state index is 0.0190. The number of likely N-dealkylation sites (N-methyl/N-ethyl adjacent to an activating group) is 1. The number of anilines is 1. The topological polar surface area (TPSA) is 32.8 Å². The minimum Gasteiger partial charge on any atom is -0.470 e. The Hall–Kier alpha value is -2.50. The summed E-state index contributed by atoms with van der Waals surface area (Å²) in [5.74, 6) is 0.659. The van der Waals surface area contributed by atoms with Crippen molar-refractivity contribution in [3.8, 4) is 5.75 Å². The molecule has 2 aliphatic rings. The molecular weight excluding hydrogens is 344 g/mol. The summed E-state index contributed by atoms with van der Waals surface area (Å²) < 4.78 is 6.07. The van der Waals surface area contributed by atoms with E-state index in [0.717, 1.165) is 5.03 Å². The maximum atomic E-state index is 13.0. The van der Waals surface area contributed by atoms with Gasteiger partial charge in [0, 0.05) is 11.9 Å². The van der Waals surface area contributed by atoms with E-state index in [1.807, 2.05) is 74.6 Å². The largest absolute Gasteiger partial charge is 0.470 e. The van der Waals surface area contributed by atoms with Crippen LogP contribution in [-0.4, -0.2) is 38.1 Å². The third-order valence-electron chi connectivity index (χ3n) is 4.54. The Kier molecular flexibility index (Phi) is 4.34. The molecule has 0 saturated carbocycles. The monoisotopic (exact) mass is 364 g/mol. The maximum Gasteiger partial charge on any atom is 0.197 e. The quantitative estimate of drug-likeness (QED) is 0.747. The second-order valence-corrected chi connectivity index (χ2v) is 7.58. The van der Waals surface area contributed by atoms with Crippen LogP contribution < -0.4 is 9.64 Å². The van der Waals surface area contributed by atoms with Gasteiger partial charge in [0.05, 0.1) is 21.9 Å². The Morgan fingerprint density at radius 3 is 2.58 bits per heavy atom. The summed E-state index contributed by atoms with van der Waals surface area (Å²) in [6.45, 7) is 0. The summed E-state index contributed by atoms with van der Waals surface area (Å²) in [7, 11) is 5.87. The van der Waals surface area contributed by atoms with Gasteiger partial charge in [-0.05, 0) is 50.5 Å². The lowest BCUT2D eigenvalue weighted by molar-refractivity contribution is 0.0699. The number of allylic oxidation sites excluding steroid dienone is 2. The van der Waals surface area contributed by atoms with Crippen LogP contribution in [0.4, 0.5) is 5.69 Å². The van der Waals surface area contributed by atoms with Crippen LogP contribution >= 0.6 is 11.8 Å². The lowest BCUT2D eigenvalue weighted by atomic mass is 9.97. The van der Waals surface area contributed by atoms with Crippen molar-refractivity contribution in [2.24, 2.45) is 0 Å². The normalized spacial score (nSPS) is 21.9. The first kappa shape index (κ1) is 16.9. The second-order valence-electron chi connectivity index (χ2n) is 6.51. The highest BCUT2D eigenvalue weighted by molar-refractivity contribution is 8.03. The smallest absolute Gasteiger partial charge is 0.197 e. The van der Waals surface area contributed by atoms with E-state index in [1.165, 1.54) is 10.6 Å². The van der Waals surface area contributed by atoms with E-state index < -0.39 is 6.23 Å². The van der Waals surface area contributed by atoms with Crippen molar-refractivity contribution in [3.63, 3.8) is 0 Å². The molecule has 0 N–H and O–H groups in total. The summed E-state index contributed by atoms with van der Waals surface area (Å²) in [5, 5.41) is 1.09. The van der Waals surface area contributed by atoms with Crippen LogP contribution in [0.2, 0.25) is 0 Å². The number of hydrogen-bond donors (Lipinski definition) is 0. The number of thioether (sulfide) groups is 1. The molecule has 0 aliphatic carbocycles. The number of ketones is 1. The number of nitrogens with zero attached hydrogens (tertiary/aromatic N) is 2. The second kappa shape index (κ2) is 6.67. The van der Waals surface area contributed by atoms with E-state index in [1.54, 1.807) is 11.8 Å². The van der Waals surface area contributed by atoms with Gasteiger partial charge in [0.1, 0.15) is 5.75 Å². The van der Waals surface area contributed by atoms with Crippen LogP contribution in [0.25, 0.3) is 0 Å². The first-order chi connectivity index (χ1) is 12.6. The van der Waals surface area contributed by atoms with Crippen LogP contribution in [-0.2, 0) is 0 Å². The van der Waals surface area contributed by atoms with Crippen LogP contribution in [0, 0.1) is 0 Å². The van der Waals surface area contributed by atoms with Gasteiger partial charge in [-0.3, -0.25) is 9.69 Å². The zero-order chi connectivity index (χ0) is 18.3. The number of Topliss-reactive ketones (excluding diaryl/α,β-unsaturated/α-hetero) is 1. The summed E-state index contributed by atoms with van der Waals surface area (Å²) in [5.41, 5.74) is 2.44. The van der Waals surface area contributed by atoms with Crippen LogP contribution in [0.1, 0.15) is 10.4 Å². The van der Waals surface area contributed by atoms with E-state index in [-0.39, 0.29) is 5.78 Å². The molecule has 26 heavy (non-hydrogen) atoms. The van der Waals surface area contributed by atoms with E-state index in [4.69, 9.17) is 4.74 Å². The van der Waals surface area contributed by atoms with Crippen molar-refractivity contribution < 1.29 is 9.53 Å². The molecule has 0 fully saturated rings. The molecule has 0 unspecified atom stereocenters. The number of para-hydroxylation sites is 2. The van der Waals surface area contributed by atoms with Gasteiger partial charge in [-0.2, -0.15) is 0 Å². The zero-order valence-electron chi connectivity index (χ0n) is 15.0. The molecule has 0 saturated heterocycles. The molecular formula is C21H20N2O2S. The highest BCUT2D eigenvalue weighted by Gasteiger charge is 2.32. The van der Waals surface area contributed by atoms with Crippen molar-refractivity contribution in [2.45, 2.75) is 11.1 Å². The molecule has 132 valence electrons. The van der Waals surface area contributed by atoms with Gasteiger partial charge in [-0.25, -0.2) is 0 Å². The standard InChI is InChI=1S/C21H20N2O2S/c1-22(2)21-15(20(24)14-8-4-6-10-17(14)25-21)12-13-19-23(3)16-9-5-7-11-18(16)26-19/h4-13,21H,1-3H3/b15-12+,19-13+/t21-/m1/s1. The van der Waals surface area contributed by atoms with Gasteiger partial charge in [0.2, 0.25) is 0 Å². The molecule has 0 aromatic heterocycles. The molecule has 2 aliphatic heterocycles. The van der Waals surface area contributed by atoms with Crippen molar-refractivity contribution >= 4 is 23.2 Å². The van der Waals surface area contributed by atoms with Crippen molar-refractivity contribution in [3.05, 3.63) is 76.8 Å². The molecule has 2 heterocycles. The Labute approximate surface area is 157 Å². The predicted octanol–water partition coefficient (Wildman–Crippen LogP) is 4.16. The third-order valence-corrected chi connectivity index (χ3v) is 5.73. The van der Waals surface area contributed by atoms with Gasteiger partial charge in [-0.15, -0.1) is 0 Å². The Morgan fingerprint density at radius 1 is 1.08 bits per heavy atom. The highest BCUT2D eigenvalue weighted by Crippen LogP contribution is 2.44. The Bertz CT molecular complexity index is 933. The Morgan fingerprint density at radius 2 is 1.81 bits per heavy atom. The lowest BCUT2D eigenvalue weighted by Crippen LogP contribution is -2.41. The molecule has 0 bridgehead atoms. The van der Waals surface area contributed by atoms with Gasteiger partial charge < -0.3 is 9.64 Å². The van der Waals surface area contributed by atoms with Gasteiger partial charge in [0.15, 0.2) is 12.0 Å². The predicted molar refractivity (Wildman–Crippen MR) is 106 cm³/mol. The highest BCUT2D eigenvalue weighted by atomic mass is 32.2. The fourth-order valence-electron chi connectivity index (χ4n) is 3.18. The van der Waals surface area contributed by atoms with E-state index in [9.17, 15) is 4.79 Å². The zero-order valence-corrected chi connectivity index (χ0v) is 15.8. The molecule has 2 aromatic rings. The van der Waals surface area contributed by atoms with E-state index in [0.29, 0.717) is 16.9 Å². The number of rotatable bonds is 2. The first-order valence-electron chi connectivity index (χ1n) is 8.45. The van der Waals surface area contributed by atoms with Crippen molar-refractivity contribution in [1.82, 2.24) is 4.90 Å². The fraction of sp³-hybridized carbons (Fsp3) is 0.190. The van der Waals surface area contributed by atoms with Crippen molar-refractivity contribution in [1.29, 1.82) is 0 Å². The number of hydrogen-bond acceptors (Lipinski definition) is 5. The van der Waals surface area contributed by atoms with E-state index in [2.05, 4.69) is 17.0 Å². The molecule has 0 amide bonds. The number of ether oxygens (including phenoxy) is 1. The third kappa shape index (κ3) is 2.83. The molecule has 4 nitrogen and oxygen atoms in total. The molecule has 0 spiro atoms. The molecule has 1 atom stereocenters. The summed E-state index contributed by atoms with van der Waals surface area (Å²) in [4.78, 5) is 18.3. The number of carbonyl (C=O) groups excluding carboxylic acids is 1. The maximum absolute atomic E-state index is 13.0. The lowest BCUT2D eigenvalue weighted by Gasteiger charge is -2.31. The van der Waals surface area contributed by atoms with Gasteiger partial charge >= 0.3 is 0 Å². The SMILES string of the molecule is CN1/C(=C\C=C2/C(=O)c3ccccc3O[C@H]2N(C)C)Sc2ccccc21. The molecule has 4 rings (SSSR count). The number of fused-ring (bicyclic) bond motifs is 2. The number of carbonyl (C=O) groups is 1. The fourth-order valence-corrected chi connectivity index (χ4v) is 4.23. The summed E-state index contributed by atoms with van der Waals surface area (Å²) >= 11 is 1.71.